The lowest BCUT2D eigenvalue weighted by Crippen LogP contribution is -2.08. The second-order valence-electron chi connectivity index (χ2n) is 3.70. The topological polar surface area (TPSA) is 61.0 Å². The van der Waals surface area contributed by atoms with Crippen LogP contribution in [0, 0.1) is 6.92 Å². The summed E-state index contributed by atoms with van der Waals surface area (Å²) in [5, 5.41) is 1.98. The number of nitrogens with zero attached hydrogens (tertiary/aromatic N) is 2. The minimum absolute atomic E-state index is 0.478. The number of ether oxygens (including phenoxy) is 1. The van der Waals surface area contributed by atoms with Crippen molar-refractivity contribution in [3.8, 4) is 5.75 Å². The van der Waals surface area contributed by atoms with Crippen molar-refractivity contribution in [1.29, 1.82) is 0 Å². The van der Waals surface area contributed by atoms with Gasteiger partial charge in [-0.05, 0) is 25.6 Å². The maximum Gasteiger partial charge on any atom is 0.141 e. The smallest absolute Gasteiger partial charge is 0.141 e. The van der Waals surface area contributed by atoms with Crippen LogP contribution in [-0.4, -0.2) is 16.5 Å². The van der Waals surface area contributed by atoms with Crippen molar-refractivity contribution in [2.45, 2.75) is 20.0 Å². The fraction of sp³-hybridized carbons (Fsp3) is 0.333. The molecule has 0 aromatic carbocycles. The van der Waals surface area contributed by atoms with Gasteiger partial charge in [-0.1, -0.05) is 0 Å². The van der Waals surface area contributed by atoms with E-state index in [2.05, 4.69) is 9.97 Å². The first-order valence-electron chi connectivity index (χ1n) is 5.46. The second-order valence-corrected chi connectivity index (χ2v) is 4.42. The van der Waals surface area contributed by atoms with Crippen LogP contribution >= 0.6 is 11.3 Å². The van der Waals surface area contributed by atoms with Crippen LogP contribution < -0.4 is 10.5 Å². The molecule has 2 aromatic rings. The molecule has 0 saturated carbocycles. The Morgan fingerprint density at radius 2 is 2.29 bits per heavy atom. The molecule has 17 heavy (non-hydrogen) atoms. The van der Waals surface area contributed by atoms with Crippen molar-refractivity contribution in [3.63, 3.8) is 0 Å². The number of rotatable bonds is 5. The Labute approximate surface area is 104 Å². The Hall–Kier alpha value is -1.46. The Morgan fingerprint density at radius 1 is 1.41 bits per heavy atom. The summed E-state index contributed by atoms with van der Waals surface area (Å²) in [4.78, 5) is 8.61. The van der Waals surface area contributed by atoms with E-state index in [0.717, 1.165) is 29.3 Å². The third kappa shape index (κ3) is 3.25. The van der Waals surface area contributed by atoms with Crippen LogP contribution in [0.1, 0.15) is 17.1 Å². The summed E-state index contributed by atoms with van der Waals surface area (Å²) in [6, 6.07) is 3.89. The van der Waals surface area contributed by atoms with E-state index in [-0.39, 0.29) is 0 Å². The standard InChI is InChI=1S/C12H15N3OS/c1-9-2-3-12(11(15-9)4-5-13)16-6-10-7-17-8-14-10/h2-3,7-8H,4-6,13H2,1H3. The van der Waals surface area contributed by atoms with E-state index in [0.29, 0.717) is 13.2 Å². The average molecular weight is 249 g/mol. The van der Waals surface area contributed by atoms with Gasteiger partial charge in [0.25, 0.3) is 0 Å². The maximum absolute atomic E-state index is 5.72. The summed E-state index contributed by atoms with van der Waals surface area (Å²) in [5.41, 5.74) is 10.2. The molecule has 0 spiro atoms. The Bertz CT molecular complexity index is 471. The summed E-state index contributed by atoms with van der Waals surface area (Å²) in [7, 11) is 0. The minimum Gasteiger partial charge on any atom is -0.485 e. The lowest BCUT2D eigenvalue weighted by Gasteiger charge is -2.09. The van der Waals surface area contributed by atoms with Gasteiger partial charge in [0, 0.05) is 17.5 Å². The molecular formula is C12H15N3OS. The number of aromatic nitrogens is 2. The van der Waals surface area contributed by atoms with E-state index < -0.39 is 0 Å². The third-order valence-electron chi connectivity index (χ3n) is 2.31. The molecule has 2 heterocycles. The number of hydrogen-bond donors (Lipinski definition) is 1. The SMILES string of the molecule is Cc1ccc(OCc2cscn2)c(CCN)n1. The van der Waals surface area contributed by atoms with Gasteiger partial charge in [0.05, 0.1) is 16.9 Å². The monoisotopic (exact) mass is 249 g/mol. The lowest BCUT2D eigenvalue weighted by atomic mass is 10.2. The third-order valence-corrected chi connectivity index (χ3v) is 2.95. The molecule has 5 heteroatoms. The molecule has 0 radical (unpaired) electrons. The van der Waals surface area contributed by atoms with Crippen molar-refractivity contribution in [2.24, 2.45) is 5.73 Å². The normalized spacial score (nSPS) is 10.5. The molecule has 0 aliphatic rings. The first-order chi connectivity index (χ1) is 8.29. The van der Waals surface area contributed by atoms with Gasteiger partial charge >= 0.3 is 0 Å². The van der Waals surface area contributed by atoms with Crippen LogP contribution in [0.5, 0.6) is 5.75 Å². The first-order valence-corrected chi connectivity index (χ1v) is 6.40. The molecule has 0 unspecified atom stereocenters. The Balaban J connectivity index is 2.08. The van der Waals surface area contributed by atoms with Crippen LogP contribution in [0.4, 0.5) is 0 Å². The van der Waals surface area contributed by atoms with Crippen molar-refractivity contribution in [1.82, 2.24) is 9.97 Å². The van der Waals surface area contributed by atoms with Gasteiger partial charge < -0.3 is 10.5 Å². The first kappa shape index (κ1) is 12.0. The van der Waals surface area contributed by atoms with E-state index in [1.54, 1.807) is 16.8 Å². The van der Waals surface area contributed by atoms with Crippen molar-refractivity contribution in [2.75, 3.05) is 6.54 Å². The zero-order valence-electron chi connectivity index (χ0n) is 9.72. The fourth-order valence-electron chi connectivity index (χ4n) is 1.51. The molecule has 0 aliphatic heterocycles. The molecular weight excluding hydrogens is 234 g/mol. The van der Waals surface area contributed by atoms with Gasteiger partial charge in [0.2, 0.25) is 0 Å². The number of pyridine rings is 1. The van der Waals surface area contributed by atoms with E-state index >= 15 is 0 Å². The predicted octanol–water partition coefficient (Wildman–Crippen LogP) is 1.93. The van der Waals surface area contributed by atoms with Gasteiger partial charge in [-0.2, -0.15) is 0 Å². The van der Waals surface area contributed by atoms with Gasteiger partial charge in [-0.15, -0.1) is 11.3 Å². The van der Waals surface area contributed by atoms with Crippen molar-refractivity contribution >= 4 is 11.3 Å². The summed E-state index contributed by atoms with van der Waals surface area (Å²) >= 11 is 1.56. The van der Waals surface area contributed by atoms with Gasteiger partial charge in [-0.3, -0.25) is 4.98 Å². The zero-order chi connectivity index (χ0) is 12.1. The van der Waals surface area contributed by atoms with E-state index in [1.807, 2.05) is 24.4 Å². The summed E-state index contributed by atoms with van der Waals surface area (Å²) in [6.45, 7) is 3.01. The number of nitrogens with two attached hydrogens (primary N) is 1. The molecule has 2 N–H and O–H groups in total. The fourth-order valence-corrected chi connectivity index (χ4v) is 2.05. The lowest BCUT2D eigenvalue weighted by molar-refractivity contribution is 0.297. The molecule has 0 aliphatic carbocycles. The maximum atomic E-state index is 5.72. The molecule has 0 amide bonds. The Morgan fingerprint density at radius 3 is 3.00 bits per heavy atom. The van der Waals surface area contributed by atoms with Crippen LogP contribution in [0.3, 0.4) is 0 Å². The molecule has 0 atom stereocenters. The van der Waals surface area contributed by atoms with Crippen LogP contribution in [0.25, 0.3) is 0 Å². The molecule has 0 saturated heterocycles. The molecule has 4 nitrogen and oxygen atoms in total. The van der Waals surface area contributed by atoms with Gasteiger partial charge in [0.1, 0.15) is 12.4 Å². The van der Waals surface area contributed by atoms with Crippen molar-refractivity contribution in [3.05, 3.63) is 40.1 Å². The van der Waals surface area contributed by atoms with Crippen LogP contribution in [-0.2, 0) is 13.0 Å². The largest absolute Gasteiger partial charge is 0.485 e. The van der Waals surface area contributed by atoms with Crippen molar-refractivity contribution < 1.29 is 4.74 Å². The molecule has 0 fully saturated rings. The van der Waals surface area contributed by atoms with Crippen LogP contribution in [0.15, 0.2) is 23.0 Å². The molecule has 2 aromatic heterocycles. The molecule has 2 rings (SSSR count). The molecule has 90 valence electrons. The summed E-state index contributed by atoms with van der Waals surface area (Å²) in [5.74, 6) is 0.800. The van der Waals surface area contributed by atoms with E-state index in [9.17, 15) is 0 Å². The Kier molecular flexibility index (Phi) is 4.06. The highest BCUT2D eigenvalue weighted by Crippen LogP contribution is 2.18. The number of hydrogen-bond acceptors (Lipinski definition) is 5. The average Bonchev–Trinajstić information content (AvgIpc) is 2.81. The highest BCUT2D eigenvalue weighted by molar-refractivity contribution is 7.07. The number of thiazole rings is 1. The van der Waals surface area contributed by atoms with Crippen LogP contribution in [0.2, 0.25) is 0 Å². The van der Waals surface area contributed by atoms with E-state index in [1.165, 1.54) is 0 Å². The number of aryl methyl sites for hydroxylation is 1. The summed E-state index contributed by atoms with van der Waals surface area (Å²) in [6.07, 6.45) is 0.730. The quantitative estimate of drug-likeness (QED) is 0.879. The van der Waals surface area contributed by atoms with E-state index in [4.69, 9.17) is 10.5 Å². The predicted molar refractivity (Wildman–Crippen MR) is 68.2 cm³/mol. The summed E-state index contributed by atoms with van der Waals surface area (Å²) < 4.78 is 5.72. The highest BCUT2D eigenvalue weighted by atomic mass is 32.1. The highest BCUT2D eigenvalue weighted by Gasteiger charge is 2.06. The minimum atomic E-state index is 0.478. The van der Waals surface area contributed by atoms with Gasteiger partial charge in [0.15, 0.2) is 0 Å². The second kappa shape index (κ2) is 5.75. The molecule has 0 bridgehead atoms. The van der Waals surface area contributed by atoms with Gasteiger partial charge in [-0.25, -0.2) is 4.98 Å². The zero-order valence-corrected chi connectivity index (χ0v) is 10.5.